The number of methoxy groups -OCH3 is 2. The Morgan fingerprint density at radius 3 is 2.42 bits per heavy atom. The van der Waals surface area contributed by atoms with Gasteiger partial charge >= 0.3 is 0 Å². The SMILES string of the molecule is COc1ccc(C(=O)/C(C#N)=C\c2cc(Br)c(O)c(OC)c2)cc1. The van der Waals surface area contributed by atoms with Gasteiger partial charge in [0, 0.05) is 5.56 Å². The maximum Gasteiger partial charge on any atom is 0.203 e. The molecule has 0 unspecified atom stereocenters. The Labute approximate surface area is 147 Å². The molecule has 0 aliphatic heterocycles. The number of ketones is 1. The fraction of sp³-hybridized carbons (Fsp3) is 0.111. The first kappa shape index (κ1) is 17.6. The fourth-order valence-electron chi connectivity index (χ4n) is 2.05. The first-order valence-electron chi connectivity index (χ1n) is 6.87. The highest BCUT2D eigenvalue weighted by molar-refractivity contribution is 9.10. The molecule has 0 spiro atoms. The highest BCUT2D eigenvalue weighted by Crippen LogP contribution is 2.35. The second-order valence-electron chi connectivity index (χ2n) is 4.78. The normalized spacial score (nSPS) is 10.8. The van der Waals surface area contributed by atoms with Gasteiger partial charge in [-0.05, 0) is 64.0 Å². The van der Waals surface area contributed by atoms with Crippen molar-refractivity contribution in [3.8, 4) is 23.3 Å². The summed E-state index contributed by atoms with van der Waals surface area (Å²) in [6.07, 6.45) is 1.44. The molecule has 2 rings (SSSR count). The third kappa shape index (κ3) is 3.76. The minimum absolute atomic E-state index is 0.0280. The molecule has 5 nitrogen and oxygen atoms in total. The predicted octanol–water partition coefficient (Wildman–Crippen LogP) is 3.96. The van der Waals surface area contributed by atoms with E-state index < -0.39 is 5.78 Å². The number of allylic oxidation sites excluding steroid dienone is 1. The summed E-state index contributed by atoms with van der Waals surface area (Å²) in [4.78, 5) is 12.5. The van der Waals surface area contributed by atoms with Gasteiger partial charge in [-0.2, -0.15) is 5.26 Å². The Hall–Kier alpha value is -2.78. The minimum atomic E-state index is -0.400. The van der Waals surface area contributed by atoms with Gasteiger partial charge in [0.05, 0.1) is 18.7 Å². The Kier molecular flexibility index (Phi) is 5.61. The molecule has 0 atom stereocenters. The van der Waals surface area contributed by atoms with Gasteiger partial charge in [0.1, 0.15) is 17.4 Å². The van der Waals surface area contributed by atoms with E-state index in [4.69, 9.17) is 9.47 Å². The van der Waals surface area contributed by atoms with E-state index in [0.717, 1.165) is 0 Å². The average molecular weight is 388 g/mol. The van der Waals surface area contributed by atoms with Crippen molar-refractivity contribution in [3.63, 3.8) is 0 Å². The lowest BCUT2D eigenvalue weighted by molar-refractivity contribution is 0.104. The van der Waals surface area contributed by atoms with Crippen molar-refractivity contribution in [1.82, 2.24) is 0 Å². The zero-order chi connectivity index (χ0) is 17.7. The molecule has 0 amide bonds. The Bertz CT molecular complexity index is 835. The van der Waals surface area contributed by atoms with Crippen LogP contribution in [0.4, 0.5) is 0 Å². The van der Waals surface area contributed by atoms with Gasteiger partial charge in [-0.25, -0.2) is 0 Å². The quantitative estimate of drug-likeness (QED) is 0.477. The Balaban J connectivity index is 2.40. The van der Waals surface area contributed by atoms with Crippen LogP contribution in [0.3, 0.4) is 0 Å². The molecule has 0 fully saturated rings. The average Bonchev–Trinajstić information content (AvgIpc) is 2.61. The van der Waals surface area contributed by atoms with Gasteiger partial charge < -0.3 is 14.6 Å². The number of carbonyl (C=O) groups is 1. The molecule has 0 radical (unpaired) electrons. The van der Waals surface area contributed by atoms with Crippen LogP contribution in [-0.2, 0) is 0 Å². The zero-order valence-corrected chi connectivity index (χ0v) is 14.6. The van der Waals surface area contributed by atoms with Crippen LogP contribution in [0.2, 0.25) is 0 Å². The number of halogens is 1. The Morgan fingerprint density at radius 2 is 1.88 bits per heavy atom. The number of phenols is 1. The van der Waals surface area contributed by atoms with Crippen LogP contribution in [0.15, 0.2) is 46.4 Å². The van der Waals surface area contributed by atoms with Crippen molar-refractivity contribution in [2.24, 2.45) is 0 Å². The summed E-state index contributed by atoms with van der Waals surface area (Å²) in [7, 11) is 2.95. The van der Waals surface area contributed by atoms with Gasteiger partial charge in [0.15, 0.2) is 11.5 Å². The summed E-state index contributed by atoms with van der Waals surface area (Å²) in [6, 6.07) is 11.5. The van der Waals surface area contributed by atoms with Crippen molar-refractivity contribution in [3.05, 3.63) is 57.6 Å². The highest BCUT2D eigenvalue weighted by Gasteiger charge is 2.14. The van der Waals surface area contributed by atoms with Crippen molar-refractivity contribution >= 4 is 27.8 Å². The number of hydrogen-bond acceptors (Lipinski definition) is 5. The van der Waals surface area contributed by atoms with Crippen molar-refractivity contribution in [2.45, 2.75) is 0 Å². The van der Waals surface area contributed by atoms with E-state index in [-0.39, 0.29) is 17.1 Å². The number of benzene rings is 2. The molecule has 0 saturated heterocycles. The summed E-state index contributed by atoms with van der Waals surface area (Å²) in [5.41, 5.74) is 0.906. The first-order valence-corrected chi connectivity index (χ1v) is 7.66. The summed E-state index contributed by atoms with van der Waals surface area (Å²) in [6.45, 7) is 0. The molecule has 6 heteroatoms. The molecule has 0 heterocycles. The fourth-order valence-corrected chi connectivity index (χ4v) is 2.51. The second-order valence-corrected chi connectivity index (χ2v) is 5.64. The van der Waals surface area contributed by atoms with E-state index in [1.807, 2.05) is 6.07 Å². The lowest BCUT2D eigenvalue weighted by Gasteiger charge is -2.07. The van der Waals surface area contributed by atoms with Crippen LogP contribution >= 0.6 is 15.9 Å². The first-order chi connectivity index (χ1) is 11.5. The zero-order valence-electron chi connectivity index (χ0n) is 13.0. The number of hydrogen-bond donors (Lipinski definition) is 1. The van der Waals surface area contributed by atoms with Gasteiger partial charge in [-0.3, -0.25) is 4.79 Å². The molecule has 0 aliphatic carbocycles. The molecule has 24 heavy (non-hydrogen) atoms. The van der Waals surface area contributed by atoms with E-state index in [2.05, 4.69) is 15.9 Å². The molecule has 0 bridgehead atoms. The molecular formula is C18H14BrNO4. The summed E-state index contributed by atoms with van der Waals surface area (Å²) < 4.78 is 10.5. The molecule has 2 aromatic carbocycles. The van der Waals surface area contributed by atoms with Crippen LogP contribution in [0.25, 0.3) is 6.08 Å². The third-order valence-corrected chi connectivity index (χ3v) is 3.90. The number of ether oxygens (including phenoxy) is 2. The van der Waals surface area contributed by atoms with Crippen LogP contribution in [0.5, 0.6) is 17.2 Å². The van der Waals surface area contributed by atoms with Gasteiger partial charge in [-0.1, -0.05) is 0 Å². The largest absolute Gasteiger partial charge is 0.503 e. The topological polar surface area (TPSA) is 79.6 Å². The lowest BCUT2D eigenvalue weighted by Crippen LogP contribution is -2.02. The van der Waals surface area contributed by atoms with Crippen molar-refractivity contribution in [1.29, 1.82) is 5.26 Å². The van der Waals surface area contributed by atoms with Gasteiger partial charge in [0.25, 0.3) is 0 Å². The van der Waals surface area contributed by atoms with E-state index in [0.29, 0.717) is 21.3 Å². The monoisotopic (exact) mass is 387 g/mol. The molecule has 2 aromatic rings. The summed E-state index contributed by atoms with van der Waals surface area (Å²) in [5, 5.41) is 19.1. The number of aromatic hydroxyl groups is 1. The summed E-state index contributed by atoms with van der Waals surface area (Å²) >= 11 is 3.21. The third-order valence-electron chi connectivity index (χ3n) is 3.30. The number of phenolic OH excluding ortho intramolecular Hbond substituents is 1. The number of Topliss-reactive ketones (excluding diaryl/α,β-unsaturated/α-hetero) is 1. The van der Waals surface area contributed by atoms with Crippen LogP contribution in [-0.4, -0.2) is 25.1 Å². The van der Waals surface area contributed by atoms with E-state index in [1.54, 1.807) is 36.4 Å². The molecule has 122 valence electrons. The highest BCUT2D eigenvalue weighted by atomic mass is 79.9. The van der Waals surface area contributed by atoms with Gasteiger partial charge in [-0.15, -0.1) is 0 Å². The molecule has 0 aromatic heterocycles. The number of nitriles is 1. The van der Waals surface area contributed by atoms with Crippen molar-refractivity contribution in [2.75, 3.05) is 14.2 Å². The van der Waals surface area contributed by atoms with Gasteiger partial charge in [0.2, 0.25) is 5.78 Å². The number of carbonyl (C=O) groups excluding carboxylic acids is 1. The second kappa shape index (κ2) is 7.66. The van der Waals surface area contributed by atoms with E-state index in [1.165, 1.54) is 20.3 Å². The van der Waals surface area contributed by atoms with Crippen molar-refractivity contribution < 1.29 is 19.4 Å². The number of rotatable bonds is 5. The predicted molar refractivity (Wildman–Crippen MR) is 93.3 cm³/mol. The maximum atomic E-state index is 12.5. The van der Waals surface area contributed by atoms with E-state index in [9.17, 15) is 15.2 Å². The van der Waals surface area contributed by atoms with Crippen LogP contribution in [0.1, 0.15) is 15.9 Å². The minimum Gasteiger partial charge on any atom is -0.503 e. The van der Waals surface area contributed by atoms with Crippen LogP contribution < -0.4 is 9.47 Å². The molecule has 0 saturated carbocycles. The lowest BCUT2D eigenvalue weighted by atomic mass is 10.0. The Morgan fingerprint density at radius 1 is 1.21 bits per heavy atom. The molecule has 0 aliphatic rings. The molecule has 1 N–H and O–H groups in total. The standard InChI is InChI=1S/C18H14BrNO4/c1-23-14-5-3-12(4-6-14)17(21)13(10-20)7-11-8-15(19)18(22)16(9-11)24-2/h3-9,22H,1-2H3/b13-7-. The summed E-state index contributed by atoms with van der Waals surface area (Å²) in [5.74, 6) is 0.420. The molecular weight excluding hydrogens is 374 g/mol. The maximum absolute atomic E-state index is 12.5. The number of nitrogens with zero attached hydrogens (tertiary/aromatic N) is 1. The van der Waals surface area contributed by atoms with Crippen LogP contribution in [0, 0.1) is 11.3 Å². The van der Waals surface area contributed by atoms with E-state index >= 15 is 0 Å². The smallest absolute Gasteiger partial charge is 0.203 e.